The second-order valence-electron chi connectivity index (χ2n) is 3.00. The summed E-state index contributed by atoms with van der Waals surface area (Å²) >= 11 is 0. The third-order valence-electron chi connectivity index (χ3n) is 2.26. The molecule has 1 unspecified atom stereocenters. The Morgan fingerprint density at radius 1 is 1.60 bits per heavy atom. The van der Waals surface area contributed by atoms with Gasteiger partial charge in [0.25, 0.3) is 0 Å². The summed E-state index contributed by atoms with van der Waals surface area (Å²) in [5, 5.41) is 0. The molecule has 0 radical (unpaired) electrons. The molecule has 0 spiro atoms. The van der Waals surface area contributed by atoms with Crippen LogP contribution in [-0.4, -0.2) is 6.29 Å². The fraction of sp³-hybridized carbons (Fsp3) is 0.667. The van der Waals surface area contributed by atoms with Gasteiger partial charge in [-0.05, 0) is 25.2 Å². The third-order valence-corrected chi connectivity index (χ3v) is 2.26. The van der Waals surface area contributed by atoms with Gasteiger partial charge < -0.3 is 4.79 Å². The first kappa shape index (κ1) is 7.52. The highest BCUT2D eigenvalue weighted by Gasteiger charge is 2.15. The molecule has 1 aliphatic carbocycles. The van der Waals surface area contributed by atoms with Crippen molar-refractivity contribution >= 4 is 6.29 Å². The molecule has 0 aromatic carbocycles. The first-order valence-corrected chi connectivity index (χ1v) is 3.96. The van der Waals surface area contributed by atoms with Gasteiger partial charge in [-0.1, -0.05) is 18.6 Å². The van der Waals surface area contributed by atoms with Gasteiger partial charge >= 0.3 is 0 Å². The zero-order chi connectivity index (χ0) is 7.40. The Morgan fingerprint density at radius 3 is 3.00 bits per heavy atom. The summed E-state index contributed by atoms with van der Waals surface area (Å²) in [6.07, 6.45) is 6.57. The summed E-state index contributed by atoms with van der Waals surface area (Å²) in [7, 11) is 0. The summed E-state index contributed by atoms with van der Waals surface area (Å²) < 4.78 is 0. The van der Waals surface area contributed by atoms with Crippen molar-refractivity contribution in [3.63, 3.8) is 0 Å². The van der Waals surface area contributed by atoms with Crippen molar-refractivity contribution in [2.45, 2.75) is 32.1 Å². The van der Waals surface area contributed by atoms with Gasteiger partial charge in [0.1, 0.15) is 6.29 Å². The lowest BCUT2D eigenvalue weighted by Gasteiger charge is -2.21. The zero-order valence-electron chi connectivity index (χ0n) is 6.31. The van der Waals surface area contributed by atoms with E-state index in [-0.39, 0.29) is 0 Å². The van der Waals surface area contributed by atoms with E-state index in [9.17, 15) is 4.79 Å². The average Bonchev–Trinajstić information content (AvgIpc) is 1.94. The number of aldehydes is 1. The van der Waals surface area contributed by atoms with Crippen LogP contribution in [0.4, 0.5) is 0 Å². The molecule has 1 saturated carbocycles. The van der Waals surface area contributed by atoms with Crippen molar-refractivity contribution in [2.24, 2.45) is 5.92 Å². The van der Waals surface area contributed by atoms with Gasteiger partial charge in [-0.2, -0.15) is 0 Å². The molecule has 1 nitrogen and oxygen atoms in total. The lowest BCUT2D eigenvalue weighted by atomic mass is 9.84. The standard InChI is InChI=1S/C9H14O/c1-8-4-2-3-5-9(8)6-7-10/h7,9H,1-6H2. The molecule has 56 valence electrons. The van der Waals surface area contributed by atoms with Crippen LogP contribution in [0.1, 0.15) is 32.1 Å². The third kappa shape index (κ3) is 1.69. The van der Waals surface area contributed by atoms with Crippen LogP contribution in [-0.2, 0) is 4.79 Å². The predicted octanol–water partition coefficient (Wildman–Crippen LogP) is 2.32. The molecule has 0 heterocycles. The van der Waals surface area contributed by atoms with Crippen LogP contribution < -0.4 is 0 Å². The molecule has 0 aromatic heterocycles. The highest BCUT2D eigenvalue weighted by Crippen LogP contribution is 2.29. The molecule has 1 heteroatoms. The molecular formula is C9H14O. The maximum absolute atomic E-state index is 10.2. The van der Waals surface area contributed by atoms with Gasteiger partial charge in [0, 0.05) is 6.42 Å². The molecular weight excluding hydrogens is 124 g/mol. The van der Waals surface area contributed by atoms with Gasteiger partial charge in [0.15, 0.2) is 0 Å². The lowest BCUT2D eigenvalue weighted by Crippen LogP contribution is -2.09. The normalized spacial score (nSPS) is 26.4. The second kappa shape index (κ2) is 3.55. The Kier molecular flexibility index (Phi) is 2.67. The minimum atomic E-state index is 0.506. The van der Waals surface area contributed by atoms with Crippen LogP contribution in [0.3, 0.4) is 0 Å². The van der Waals surface area contributed by atoms with Crippen LogP contribution in [0.25, 0.3) is 0 Å². The molecule has 0 bridgehead atoms. The first-order chi connectivity index (χ1) is 4.84. The largest absolute Gasteiger partial charge is 0.303 e. The van der Waals surface area contributed by atoms with Gasteiger partial charge in [0.05, 0.1) is 0 Å². The van der Waals surface area contributed by atoms with Gasteiger partial charge in [-0.3, -0.25) is 0 Å². The SMILES string of the molecule is C=C1CCCCC1CC=O. The van der Waals surface area contributed by atoms with Crippen LogP contribution in [0.2, 0.25) is 0 Å². The molecule has 0 aromatic rings. The van der Waals surface area contributed by atoms with E-state index >= 15 is 0 Å². The molecule has 1 fully saturated rings. The van der Waals surface area contributed by atoms with Gasteiger partial charge in [0.2, 0.25) is 0 Å². The molecule has 0 amide bonds. The van der Waals surface area contributed by atoms with E-state index < -0.39 is 0 Å². The van der Waals surface area contributed by atoms with Crippen LogP contribution >= 0.6 is 0 Å². The Balaban J connectivity index is 2.39. The number of rotatable bonds is 2. The van der Waals surface area contributed by atoms with E-state index in [0.717, 1.165) is 12.7 Å². The fourth-order valence-electron chi connectivity index (χ4n) is 1.55. The number of hydrogen-bond donors (Lipinski definition) is 0. The fourth-order valence-corrected chi connectivity index (χ4v) is 1.55. The second-order valence-corrected chi connectivity index (χ2v) is 3.00. The molecule has 0 saturated heterocycles. The van der Waals surface area contributed by atoms with E-state index in [2.05, 4.69) is 6.58 Å². The molecule has 0 N–H and O–H groups in total. The molecule has 0 aliphatic heterocycles. The predicted molar refractivity (Wildman–Crippen MR) is 41.8 cm³/mol. The highest BCUT2D eigenvalue weighted by molar-refractivity contribution is 5.50. The summed E-state index contributed by atoms with van der Waals surface area (Å²) in [4.78, 5) is 10.2. The molecule has 1 atom stereocenters. The summed E-state index contributed by atoms with van der Waals surface area (Å²) in [5.41, 5.74) is 1.29. The quantitative estimate of drug-likeness (QED) is 0.423. The van der Waals surface area contributed by atoms with Crippen molar-refractivity contribution < 1.29 is 4.79 Å². The van der Waals surface area contributed by atoms with Crippen LogP contribution in [0.5, 0.6) is 0 Å². The van der Waals surface area contributed by atoms with Crippen LogP contribution in [0, 0.1) is 5.92 Å². The van der Waals surface area contributed by atoms with E-state index in [4.69, 9.17) is 0 Å². The van der Waals surface area contributed by atoms with Gasteiger partial charge in [-0.25, -0.2) is 0 Å². The average molecular weight is 138 g/mol. The number of carbonyl (C=O) groups is 1. The minimum absolute atomic E-state index is 0.506. The maximum atomic E-state index is 10.2. The maximum Gasteiger partial charge on any atom is 0.120 e. The van der Waals surface area contributed by atoms with E-state index in [1.54, 1.807) is 0 Å². The van der Waals surface area contributed by atoms with Gasteiger partial charge in [-0.15, -0.1) is 0 Å². The highest BCUT2D eigenvalue weighted by atomic mass is 16.1. The van der Waals surface area contributed by atoms with Crippen molar-refractivity contribution in [3.05, 3.63) is 12.2 Å². The molecule has 1 aliphatic rings. The van der Waals surface area contributed by atoms with Crippen molar-refractivity contribution in [3.8, 4) is 0 Å². The van der Waals surface area contributed by atoms with Crippen molar-refractivity contribution in [1.82, 2.24) is 0 Å². The lowest BCUT2D eigenvalue weighted by molar-refractivity contribution is -0.108. The Bertz CT molecular complexity index is 138. The Labute approximate surface area is 62.1 Å². The Morgan fingerprint density at radius 2 is 2.40 bits per heavy atom. The van der Waals surface area contributed by atoms with Crippen molar-refractivity contribution in [1.29, 1.82) is 0 Å². The summed E-state index contributed by atoms with van der Waals surface area (Å²) in [6, 6.07) is 0. The number of carbonyl (C=O) groups excluding carboxylic acids is 1. The van der Waals surface area contributed by atoms with Crippen molar-refractivity contribution in [2.75, 3.05) is 0 Å². The molecule has 10 heavy (non-hydrogen) atoms. The zero-order valence-corrected chi connectivity index (χ0v) is 6.31. The summed E-state index contributed by atoms with van der Waals surface area (Å²) in [6.45, 7) is 3.96. The monoisotopic (exact) mass is 138 g/mol. The minimum Gasteiger partial charge on any atom is -0.303 e. The van der Waals surface area contributed by atoms with Crippen LogP contribution in [0.15, 0.2) is 12.2 Å². The number of hydrogen-bond acceptors (Lipinski definition) is 1. The van der Waals surface area contributed by atoms with E-state index in [1.165, 1.54) is 24.8 Å². The topological polar surface area (TPSA) is 17.1 Å². The Hall–Kier alpha value is -0.590. The number of allylic oxidation sites excluding steroid dienone is 1. The first-order valence-electron chi connectivity index (χ1n) is 3.96. The molecule has 1 rings (SSSR count). The summed E-state index contributed by atoms with van der Waals surface area (Å²) in [5.74, 6) is 0.506. The van der Waals surface area contributed by atoms with E-state index in [0.29, 0.717) is 12.3 Å². The van der Waals surface area contributed by atoms with E-state index in [1.807, 2.05) is 0 Å². The smallest absolute Gasteiger partial charge is 0.120 e.